The monoisotopic (exact) mass is 241 g/mol. The topological polar surface area (TPSA) is 12.0 Å². The molecule has 96 valence electrons. The van der Waals surface area contributed by atoms with Gasteiger partial charge >= 0.3 is 0 Å². The van der Waals surface area contributed by atoms with Gasteiger partial charge in [-0.2, -0.15) is 0 Å². The molecular weight excluding hydrogens is 220 g/mol. The molecule has 1 N–H and O–H groups in total. The Balaban J connectivity index is 2.39. The van der Waals surface area contributed by atoms with E-state index >= 15 is 0 Å². The molecule has 1 nitrogen and oxygen atoms in total. The van der Waals surface area contributed by atoms with Gasteiger partial charge in [-0.1, -0.05) is 19.9 Å². The maximum atomic E-state index is 13.4. The smallest absolute Gasteiger partial charge is 0.129 e. The van der Waals surface area contributed by atoms with Crippen LogP contribution in [0.3, 0.4) is 0 Å². The van der Waals surface area contributed by atoms with E-state index in [-0.39, 0.29) is 5.56 Å². The zero-order chi connectivity index (χ0) is 12.7. The molecule has 1 unspecified atom stereocenters. The molecule has 0 aromatic heterocycles. The summed E-state index contributed by atoms with van der Waals surface area (Å²) in [7, 11) is 0. The Morgan fingerprint density at radius 2 is 1.88 bits per heavy atom. The van der Waals surface area contributed by atoms with Gasteiger partial charge in [-0.25, -0.2) is 8.78 Å². The van der Waals surface area contributed by atoms with Crippen LogP contribution in [-0.2, 0) is 6.42 Å². The first-order chi connectivity index (χ1) is 8.15. The summed E-state index contributed by atoms with van der Waals surface area (Å²) < 4.78 is 26.7. The minimum Gasteiger partial charge on any atom is -0.316 e. The van der Waals surface area contributed by atoms with E-state index in [2.05, 4.69) is 19.2 Å². The standard InChI is InChI=1S/C14H21F2N/c1-3-9-17-10-11(2)7-8-12-13(15)5-4-6-14(12)16/h4-6,11,17H,3,7-10H2,1-2H3. The Morgan fingerprint density at radius 1 is 1.24 bits per heavy atom. The third kappa shape index (κ3) is 4.82. The van der Waals surface area contributed by atoms with Crippen LogP contribution in [0.15, 0.2) is 18.2 Å². The lowest BCUT2D eigenvalue weighted by molar-refractivity contribution is 0.467. The van der Waals surface area contributed by atoms with Crippen LogP contribution in [0.2, 0.25) is 0 Å². The minimum atomic E-state index is -0.432. The van der Waals surface area contributed by atoms with E-state index in [1.54, 1.807) is 0 Å². The summed E-state index contributed by atoms with van der Waals surface area (Å²) in [6, 6.07) is 4.04. The van der Waals surface area contributed by atoms with Crippen molar-refractivity contribution in [2.45, 2.75) is 33.1 Å². The van der Waals surface area contributed by atoms with Crippen LogP contribution < -0.4 is 5.32 Å². The molecule has 0 aliphatic heterocycles. The molecule has 0 saturated heterocycles. The summed E-state index contributed by atoms with van der Waals surface area (Å²) in [6.07, 6.45) is 2.37. The van der Waals surface area contributed by atoms with Gasteiger partial charge in [-0.15, -0.1) is 0 Å². The summed E-state index contributed by atoms with van der Waals surface area (Å²) in [5.41, 5.74) is 0.217. The average Bonchev–Trinajstić information content (AvgIpc) is 2.29. The van der Waals surface area contributed by atoms with E-state index < -0.39 is 11.6 Å². The summed E-state index contributed by atoms with van der Waals surface area (Å²) in [4.78, 5) is 0. The first-order valence-corrected chi connectivity index (χ1v) is 6.28. The average molecular weight is 241 g/mol. The van der Waals surface area contributed by atoms with Gasteiger partial charge in [-0.05, 0) is 50.4 Å². The summed E-state index contributed by atoms with van der Waals surface area (Å²) in [6.45, 7) is 6.12. The van der Waals surface area contributed by atoms with Crippen LogP contribution in [-0.4, -0.2) is 13.1 Å². The maximum Gasteiger partial charge on any atom is 0.129 e. The van der Waals surface area contributed by atoms with Crippen LogP contribution in [0, 0.1) is 17.6 Å². The van der Waals surface area contributed by atoms with Crippen molar-refractivity contribution >= 4 is 0 Å². The normalized spacial score (nSPS) is 12.7. The van der Waals surface area contributed by atoms with Crippen LogP contribution in [0.1, 0.15) is 32.3 Å². The predicted octanol–water partition coefficient (Wildman–Crippen LogP) is 3.53. The third-order valence-corrected chi connectivity index (χ3v) is 2.87. The lowest BCUT2D eigenvalue weighted by atomic mass is 10.0. The highest BCUT2D eigenvalue weighted by atomic mass is 19.1. The van der Waals surface area contributed by atoms with E-state index in [0.29, 0.717) is 12.3 Å². The molecule has 3 heteroatoms. The second-order valence-corrected chi connectivity index (χ2v) is 4.55. The molecule has 1 aromatic carbocycles. The zero-order valence-electron chi connectivity index (χ0n) is 10.6. The quantitative estimate of drug-likeness (QED) is 0.720. The molecule has 0 amide bonds. The summed E-state index contributed by atoms with van der Waals surface area (Å²) in [5.74, 6) is -0.432. The Bertz CT molecular complexity index is 319. The predicted molar refractivity (Wildman–Crippen MR) is 67.0 cm³/mol. The molecule has 0 saturated carbocycles. The number of halogens is 2. The first-order valence-electron chi connectivity index (χ1n) is 6.28. The fraction of sp³-hybridized carbons (Fsp3) is 0.571. The largest absolute Gasteiger partial charge is 0.316 e. The number of benzene rings is 1. The Kier molecular flexibility index (Phi) is 6.12. The molecule has 0 aliphatic carbocycles. The number of nitrogens with one attached hydrogen (secondary N) is 1. The van der Waals surface area contributed by atoms with Gasteiger partial charge in [0.2, 0.25) is 0 Å². The van der Waals surface area contributed by atoms with Crippen LogP contribution in [0.5, 0.6) is 0 Å². The van der Waals surface area contributed by atoms with Gasteiger partial charge in [0.25, 0.3) is 0 Å². The Hall–Kier alpha value is -0.960. The SMILES string of the molecule is CCCNCC(C)CCc1c(F)cccc1F. The third-order valence-electron chi connectivity index (χ3n) is 2.87. The second-order valence-electron chi connectivity index (χ2n) is 4.55. The fourth-order valence-corrected chi connectivity index (χ4v) is 1.79. The van der Waals surface area contributed by atoms with E-state index in [1.807, 2.05) is 0 Å². The molecule has 0 bridgehead atoms. The highest BCUT2D eigenvalue weighted by molar-refractivity contribution is 5.19. The lowest BCUT2D eigenvalue weighted by Crippen LogP contribution is -2.22. The van der Waals surface area contributed by atoms with Gasteiger partial charge in [0.1, 0.15) is 11.6 Å². The van der Waals surface area contributed by atoms with Crippen molar-refractivity contribution in [1.82, 2.24) is 5.32 Å². The molecule has 1 rings (SSSR count). The fourth-order valence-electron chi connectivity index (χ4n) is 1.79. The molecule has 0 heterocycles. The summed E-state index contributed by atoms with van der Waals surface area (Å²) in [5, 5.41) is 3.31. The second kappa shape index (κ2) is 7.38. The Morgan fingerprint density at radius 3 is 2.47 bits per heavy atom. The number of rotatable bonds is 7. The Labute approximate surface area is 102 Å². The van der Waals surface area contributed by atoms with Gasteiger partial charge in [0, 0.05) is 5.56 Å². The van der Waals surface area contributed by atoms with E-state index in [9.17, 15) is 8.78 Å². The molecule has 0 radical (unpaired) electrons. The van der Waals surface area contributed by atoms with Gasteiger partial charge in [0.15, 0.2) is 0 Å². The maximum absolute atomic E-state index is 13.4. The first kappa shape index (κ1) is 14.1. The molecule has 0 spiro atoms. The van der Waals surface area contributed by atoms with Crippen LogP contribution in [0.25, 0.3) is 0 Å². The number of hydrogen-bond acceptors (Lipinski definition) is 1. The van der Waals surface area contributed by atoms with Gasteiger partial charge in [0.05, 0.1) is 0 Å². The van der Waals surface area contributed by atoms with Crippen molar-refractivity contribution in [1.29, 1.82) is 0 Å². The molecular formula is C14H21F2N. The van der Waals surface area contributed by atoms with E-state index in [1.165, 1.54) is 18.2 Å². The van der Waals surface area contributed by atoms with Crippen molar-refractivity contribution in [3.05, 3.63) is 35.4 Å². The molecule has 17 heavy (non-hydrogen) atoms. The van der Waals surface area contributed by atoms with Gasteiger partial charge in [-0.3, -0.25) is 0 Å². The highest BCUT2D eigenvalue weighted by Gasteiger charge is 2.10. The van der Waals surface area contributed by atoms with Crippen molar-refractivity contribution in [2.24, 2.45) is 5.92 Å². The van der Waals surface area contributed by atoms with Gasteiger partial charge < -0.3 is 5.32 Å². The lowest BCUT2D eigenvalue weighted by Gasteiger charge is -2.12. The van der Waals surface area contributed by atoms with E-state index in [4.69, 9.17) is 0 Å². The molecule has 1 atom stereocenters. The van der Waals surface area contributed by atoms with Crippen molar-refractivity contribution < 1.29 is 8.78 Å². The highest BCUT2D eigenvalue weighted by Crippen LogP contribution is 2.16. The molecule has 1 aromatic rings. The van der Waals surface area contributed by atoms with E-state index in [0.717, 1.165) is 25.9 Å². The zero-order valence-corrected chi connectivity index (χ0v) is 10.6. The van der Waals surface area contributed by atoms with Crippen molar-refractivity contribution in [2.75, 3.05) is 13.1 Å². The van der Waals surface area contributed by atoms with Crippen molar-refractivity contribution in [3.8, 4) is 0 Å². The van der Waals surface area contributed by atoms with Crippen LogP contribution >= 0.6 is 0 Å². The van der Waals surface area contributed by atoms with Crippen molar-refractivity contribution in [3.63, 3.8) is 0 Å². The summed E-state index contributed by atoms with van der Waals surface area (Å²) >= 11 is 0. The van der Waals surface area contributed by atoms with Crippen LogP contribution in [0.4, 0.5) is 8.78 Å². The molecule has 0 fully saturated rings. The number of hydrogen-bond donors (Lipinski definition) is 1. The molecule has 0 aliphatic rings. The minimum absolute atomic E-state index is 0.217.